The smallest absolute Gasteiger partial charge is 0.322 e. The fourth-order valence-electron chi connectivity index (χ4n) is 4.08. The van der Waals surface area contributed by atoms with Crippen molar-refractivity contribution in [2.24, 2.45) is 0 Å². The zero-order valence-electron chi connectivity index (χ0n) is 20.0. The molecule has 2 heterocycles. The standard InChI is InChI=1S/C26H30N4O4/c1-5-18-7-9-19(10-8-18)23-22(17(2)30(26(31)27-23)15-6-16-32-3)25-28-24(29-34-25)20-11-13-21(33-4)14-12-20/h7-14,23H,5-6,15-16H2,1-4H3,(H,27,31). The number of hydrogen-bond acceptors (Lipinski definition) is 6. The van der Waals surface area contributed by atoms with Crippen molar-refractivity contribution in [3.05, 3.63) is 71.2 Å². The van der Waals surface area contributed by atoms with Gasteiger partial charge in [-0.15, -0.1) is 0 Å². The molecule has 8 nitrogen and oxygen atoms in total. The highest BCUT2D eigenvalue weighted by atomic mass is 16.5. The zero-order valence-corrected chi connectivity index (χ0v) is 20.0. The zero-order chi connectivity index (χ0) is 24.1. The van der Waals surface area contributed by atoms with E-state index in [1.165, 1.54) is 5.56 Å². The predicted octanol–water partition coefficient (Wildman–Crippen LogP) is 4.84. The first-order valence-corrected chi connectivity index (χ1v) is 11.4. The molecule has 1 atom stereocenters. The number of nitrogens with zero attached hydrogens (tertiary/aromatic N) is 3. The van der Waals surface area contributed by atoms with Crippen LogP contribution in [-0.4, -0.2) is 48.4 Å². The third-order valence-corrected chi connectivity index (χ3v) is 6.05. The summed E-state index contributed by atoms with van der Waals surface area (Å²) in [6, 6.07) is 15.2. The second-order valence-electron chi connectivity index (χ2n) is 8.13. The fourth-order valence-corrected chi connectivity index (χ4v) is 4.08. The van der Waals surface area contributed by atoms with E-state index in [0.29, 0.717) is 31.3 Å². The van der Waals surface area contributed by atoms with E-state index < -0.39 is 6.04 Å². The van der Waals surface area contributed by atoms with Gasteiger partial charge >= 0.3 is 6.03 Å². The largest absolute Gasteiger partial charge is 0.497 e. The number of hydrogen-bond donors (Lipinski definition) is 1. The van der Waals surface area contributed by atoms with E-state index in [1.54, 1.807) is 19.1 Å². The van der Waals surface area contributed by atoms with Crippen molar-refractivity contribution in [3.63, 3.8) is 0 Å². The van der Waals surface area contributed by atoms with Gasteiger partial charge in [0.15, 0.2) is 0 Å². The van der Waals surface area contributed by atoms with E-state index in [4.69, 9.17) is 19.0 Å². The minimum atomic E-state index is -0.402. The van der Waals surface area contributed by atoms with Crippen molar-refractivity contribution in [3.8, 4) is 17.1 Å². The average molecular weight is 463 g/mol. The van der Waals surface area contributed by atoms with Crippen molar-refractivity contribution in [2.45, 2.75) is 32.7 Å². The molecule has 34 heavy (non-hydrogen) atoms. The van der Waals surface area contributed by atoms with Crippen molar-refractivity contribution in [1.29, 1.82) is 0 Å². The number of aromatic nitrogens is 2. The molecule has 8 heteroatoms. The topological polar surface area (TPSA) is 89.7 Å². The van der Waals surface area contributed by atoms with Crippen LogP contribution in [0.3, 0.4) is 0 Å². The van der Waals surface area contributed by atoms with E-state index in [2.05, 4.69) is 29.5 Å². The predicted molar refractivity (Wildman–Crippen MR) is 129 cm³/mol. The molecular formula is C26H30N4O4. The van der Waals surface area contributed by atoms with Crippen molar-refractivity contribution >= 4 is 11.6 Å². The molecule has 2 aromatic carbocycles. The first kappa shape index (κ1) is 23.5. The van der Waals surface area contributed by atoms with Crippen LogP contribution in [0, 0.1) is 0 Å². The van der Waals surface area contributed by atoms with Crippen LogP contribution in [0.15, 0.2) is 58.8 Å². The number of nitrogens with one attached hydrogen (secondary N) is 1. The van der Waals surface area contributed by atoms with Gasteiger partial charge in [0.2, 0.25) is 5.82 Å². The molecule has 178 valence electrons. The van der Waals surface area contributed by atoms with Gasteiger partial charge in [-0.25, -0.2) is 4.79 Å². The average Bonchev–Trinajstić information content (AvgIpc) is 3.35. The van der Waals surface area contributed by atoms with E-state index in [9.17, 15) is 4.79 Å². The maximum absolute atomic E-state index is 13.0. The van der Waals surface area contributed by atoms with E-state index in [1.807, 2.05) is 43.3 Å². The molecule has 0 spiro atoms. The summed E-state index contributed by atoms with van der Waals surface area (Å²) in [5.41, 5.74) is 4.58. The van der Waals surface area contributed by atoms with Crippen molar-refractivity contribution < 1.29 is 18.8 Å². The molecule has 1 N–H and O–H groups in total. The molecule has 0 saturated heterocycles. The Morgan fingerprint density at radius 2 is 1.82 bits per heavy atom. The lowest BCUT2D eigenvalue weighted by atomic mass is 9.93. The van der Waals surface area contributed by atoms with Gasteiger partial charge in [-0.1, -0.05) is 36.3 Å². The molecule has 2 amide bonds. The van der Waals surface area contributed by atoms with Gasteiger partial charge in [-0.05, 0) is 55.2 Å². The summed E-state index contributed by atoms with van der Waals surface area (Å²) >= 11 is 0. The molecule has 1 aliphatic heterocycles. The Hall–Kier alpha value is -3.65. The lowest BCUT2D eigenvalue weighted by Crippen LogP contribution is -2.46. The number of aryl methyl sites for hydroxylation is 1. The van der Waals surface area contributed by atoms with Crippen molar-refractivity contribution in [1.82, 2.24) is 20.4 Å². The Balaban J connectivity index is 1.74. The third kappa shape index (κ3) is 4.82. The van der Waals surface area contributed by atoms with Crippen LogP contribution < -0.4 is 10.1 Å². The minimum Gasteiger partial charge on any atom is -0.497 e. The molecule has 0 saturated carbocycles. The molecule has 1 aromatic heterocycles. The molecule has 4 rings (SSSR count). The molecule has 0 bridgehead atoms. The molecule has 1 aliphatic rings. The lowest BCUT2D eigenvalue weighted by Gasteiger charge is -2.35. The number of allylic oxidation sites excluding steroid dienone is 1. The second kappa shape index (κ2) is 10.5. The Morgan fingerprint density at radius 1 is 1.09 bits per heavy atom. The number of carbonyl (C=O) groups excluding carboxylic acids is 1. The normalized spacial score (nSPS) is 16.1. The number of urea groups is 1. The van der Waals surface area contributed by atoms with Gasteiger partial charge in [0, 0.05) is 31.5 Å². The molecule has 3 aromatic rings. The first-order chi connectivity index (χ1) is 16.5. The van der Waals surface area contributed by atoms with E-state index in [-0.39, 0.29) is 6.03 Å². The summed E-state index contributed by atoms with van der Waals surface area (Å²) in [5.74, 6) is 1.61. The fraction of sp³-hybridized carbons (Fsp3) is 0.346. The van der Waals surface area contributed by atoms with Crippen molar-refractivity contribution in [2.75, 3.05) is 27.4 Å². The molecular weight excluding hydrogens is 432 g/mol. The van der Waals surface area contributed by atoms with Crippen LogP contribution >= 0.6 is 0 Å². The Labute approximate surface area is 199 Å². The Kier molecular flexibility index (Phi) is 7.27. The maximum atomic E-state index is 13.0. The molecule has 0 radical (unpaired) electrons. The maximum Gasteiger partial charge on any atom is 0.322 e. The number of carbonyl (C=O) groups is 1. The monoisotopic (exact) mass is 462 g/mol. The summed E-state index contributed by atoms with van der Waals surface area (Å²) in [5, 5.41) is 7.35. The summed E-state index contributed by atoms with van der Waals surface area (Å²) in [7, 11) is 3.28. The van der Waals surface area contributed by atoms with Crippen LogP contribution in [0.5, 0.6) is 5.75 Å². The van der Waals surface area contributed by atoms with E-state index in [0.717, 1.165) is 34.6 Å². The van der Waals surface area contributed by atoms with Gasteiger partial charge < -0.3 is 19.3 Å². The second-order valence-corrected chi connectivity index (χ2v) is 8.13. The highest BCUT2D eigenvalue weighted by Crippen LogP contribution is 2.37. The highest BCUT2D eigenvalue weighted by molar-refractivity contribution is 5.86. The summed E-state index contributed by atoms with van der Waals surface area (Å²) in [6.45, 7) is 5.13. The minimum absolute atomic E-state index is 0.156. The van der Waals surface area contributed by atoms with Crippen LogP contribution in [0.4, 0.5) is 4.79 Å². The van der Waals surface area contributed by atoms with Crippen LogP contribution in [0.2, 0.25) is 0 Å². The summed E-state index contributed by atoms with van der Waals surface area (Å²) in [4.78, 5) is 19.4. The van der Waals surface area contributed by atoms with Gasteiger partial charge in [-0.2, -0.15) is 4.98 Å². The van der Waals surface area contributed by atoms with Crippen LogP contribution in [0.25, 0.3) is 17.0 Å². The Bertz CT molecular complexity index is 1150. The number of rotatable bonds is 9. The number of benzene rings is 2. The number of ether oxygens (including phenoxy) is 2. The highest BCUT2D eigenvalue weighted by Gasteiger charge is 2.35. The van der Waals surface area contributed by atoms with Gasteiger partial charge in [-0.3, -0.25) is 4.90 Å². The number of methoxy groups -OCH3 is 2. The third-order valence-electron chi connectivity index (χ3n) is 6.05. The first-order valence-electron chi connectivity index (χ1n) is 11.4. The van der Waals surface area contributed by atoms with Gasteiger partial charge in [0.05, 0.1) is 18.7 Å². The quantitative estimate of drug-likeness (QED) is 0.458. The summed E-state index contributed by atoms with van der Waals surface area (Å²) < 4.78 is 16.1. The SMILES string of the molecule is CCc1ccc(C2NC(=O)N(CCCOC)C(C)=C2c2nc(-c3ccc(OC)cc3)no2)cc1. The lowest BCUT2D eigenvalue weighted by molar-refractivity contribution is 0.174. The summed E-state index contributed by atoms with van der Waals surface area (Å²) in [6.07, 6.45) is 1.66. The molecule has 0 fully saturated rings. The van der Waals surface area contributed by atoms with Gasteiger partial charge in [0.25, 0.3) is 5.89 Å². The van der Waals surface area contributed by atoms with Crippen LogP contribution in [-0.2, 0) is 11.2 Å². The number of amides is 2. The molecule has 0 aliphatic carbocycles. The van der Waals surface area contributed by atoms with Crippen LogP contribution in [0.1, 0.15) is 43.3 Å². The Morgan fingerprint density at radius 3 is 2.47 bits per heavy atom. The van der Waals surface area contributed by atoms with Gasteiger partial charge in [0.1, 0.15) is 5.75 Å². The molecule has 1 unspecified atom stereocenters. The van der Waals surface area contributed by atoms with E-state index >= 15 is 0 Å².